The molecule has 1 N–H and O–H groups in total. The third-order valence-electron chi connectivity index (χ3n) is 3.45. The quantitative estimate of drug-likeness (QED) is 0.484. The van der Waals surface area contributed by atoms with Crippen LogP contribution in [0.2, 0.25) is 0 Å². The van der Waals surface area contributed by atoms with E-state index in [0.717, 1.165) is 20.4 Å². The zero-order valence-corrected chi connectivity index (χ0v) is 14.3. The van der Waals surface area contributed by atoms with Gasteiger partial charge in [-0.2, -0.15) is 0 Å². The van der Waals surface area contributed by atoms with Crippen LogP contribution in [0.15, 0.2) is 64.9 Å². The summed E-state index contributed by atoms with van der Waals surface area (Å²) in [5.41, 5.74) is 2.57. The minimum atomic E-state index is -0.100. The smallest absolute Gasteiger partial charge is 0.165 e. The molecule has 3 rings (SSSR count). The molecule has 116 valence electrons. The lowest BCUT2D eigenvalue weighted by Crippen LogP contribution is -1.92. The Morgan fingerprint density at radius 1 is 1.04 bits per heavy atom. The topological polar surface area (TPSA) is 37.3 Å². The molecule has 4 heteroatoms. The van der Waals surface area contributed by atoms with E-state index in [1.165, 1.54) is 23.8 Å². The SMILES string of the molecule is CC(=O)c1c(SCc2ccccc2)sc(-c2ccccc2)c1O. The van der Waals surface area contributed by atoms with Gasteiger partial charge in [-0.05, 0) is 18.1 Å². The number of thioether (sulfide) groups is 1. The van der Waals surface area contributed by atoms with Crippen molar-refractivity contribution in [3.05, 3.63) is 71.8 Å². The monoisotopic (exact) mass is 340 g/mol. The first kappa shape index (κ1) is 15.8. The van der Waals surface area contributed by atoms with Crippen LogP contribution in [0.1, 0.15) is 22.8 Å². The van der Waals surface area contributed by atoms with Gasteiger partial charge in [0.2, 0.25) is 0 Å². The maximum Gasteiger partial charge on any atom is 0.165 e. The number of thiophene rings is 1. The Morgan fingerprint density at radius 2 is 1.65 bits per heavy atom. The second kappa shape index (κ2) is 7.02. The molecule has 0 bridgehead atoms. The Kier molecular flexibility index (Phi) is 4.84. The molecule has 23 heavy (non-hydrogen) atoms. The molecule has 0 fully saturated rings. The van der Waals surface area contributed by atoms with E-state index in [-0.39, 0.29) is 11.5 Å². The number of carbonyl (C=O) groups is 1. The number of hydrogen-bond acceptors (Lipinski definition) is 4. The van der Waals surface area contributed by atoms with Crippen LogP contribution < -0.4 is 0 Å². The number of rotatable bonds is 5. The average molecular weight is 340 g/mol. The average Bonchev–Trinajstić information content (AvgIpc) is 2.91. The van der Waals surface area contributed by atoms with E-state index in [0.29, 0.717) is 5.56 Å². The minimum Gasteiger partial charge on any atom is -0.506 e. The van der Waals surface area contributed by atoms with E-state index in [1.54, 1.807) is 11.8 Å². The van der Waals surface area contributed by atoms with Gasteiger partial charge in [-0.15, -0.1) is 23.1 Å². The number of Topliss-reactive ketones (excluding diaryl/α,β-unsaturated/α-hetero) is 1. The van der Waals surface area contributed by atoms with Crippen molar-refractivity contribution in [1.29, 1.82) is 0 Å². The molecule has 1 heterocycles. The summed E-state index contributed by atoms with van der Waals surface area (Å²) in [6, 6.07) is 19.8. The van der Waals surface area contributed by atoms with Gasteiger partial charge in [0, 0.05) is 5.75 Å². The van der Waals surface area contributed by atoms with Crippen molar-refractivity contribution in [2.75, 3.05) is 0 Å². The summed E-state index contributed by atoms with van der Waals surface area (Å²) < 4.78 is 0.873. The van der Waals surface area contributed by atoms with Gasteiger partial charge in [-0.1, -0.05) is 60.7 Å². The Labute approximate surface area is 143 Å². The van der Waals surface area contributed by atoms with Gasteiger partial charge in [0.1, 0.15) is 5.75 Å². The van der Waals surface area contributed by atoms with Gasteiger partial charge < -0.3 is 5.11 Å². The predicted octanol–water partition coefficient (Wildman–Crippen LogP) is 5.62. The molecule has 2 nitrogen and oxygen atoms in total. The first-order chi connectivity index (χ1) is 11.2. The lowest BCUT2D eigenvalue weighted by Gasteiger charge is -2.01. The number of hydrogen-bond donors (Lipinski definition) is 1. The lowest BCUT2D eigenvalue weighted by atomic mass is 10.1. The molecular formula is C19H16O2S2. The highest BCUT2D eigenvalue weighted by Crippen LogP contribution is 2.47. The summed E-state index contributed by atoms with van der Waals surface area (Å²) in [4.78, 5) is 12.7. The second-order valence-electron chi connectivity index (χ2n) is 5.14. The van der Waals surface area contributed by atoms with Crippen LogP contribution in [0.4, 0.5) is 0 Å². The molecule has 0 atom stereocenters. The van der Waals surface area contributed by atoms with Gasteiger partial charge in [0.05, 0.1) is 14.6 Å². The molecule has 0 spiro atoms. The highest BCUT2D eigenvalue weighted by atomic mass is 32.2. The number of carbonyl (C=O) groups excluding carboxylic acids is 1. The third-order valence-corrected chi connectivity index (χ3v) is 6.02. The summed E-state index contributed by atoms with van der Waals surface area (Å²) in [5.74, 6) is 0.774. The Hall–Kier alpha value is -2.04. The summed E-state index contributed by atoms with van der Waals surface area (Å²) in [7, 11) is 0. The van der Waals surface area contributed by atoms with Crippen molar-refractivity contribution in [1.82, 2.24) is 0 Å². The summed E-state index contributed by atoms with van der Waals surface area (Å²) in [6.45, 7) is 1.50. The van der Waals surface area contributed by atoms with Crippen LogP contribution in [-0.2, 0) is 5.75 Å². The molecule has 2 aromatic carbocycles. The van der Waals surface area contributed by atoms with E-state index in [1.807, 2.05) is 48.5 Å². The largest absolute Gasteiger partial charge is 0.506 e. The fourth-order valence-corrected chi connectivity index (χ4v) is 4.84. The minimum absolute atomic E-state index is 0.100. The van der Waals surface area contributed by atoms with Crippen LogP contribution in [0.5, 0.6) is 5.75 Å². The third kappa shape index (κ3) is 3.49. The zero-order valence-electron chi connectivity index (χ0n) is 12.7. The molecular weight excluding hydrogens is 324 g/mol. The van der Waals surface area contributed by atoms with E-state index < -0.39 is 0 Å². The van der Waals surface area contributed by atoms with Crippen molar-refractivity contribution in [2.24, 2.45) is 0 Å². The van der Waals surface area contributed by atoms with E-state index >= 15 is 0 Å². The van der Waals surface area contributed by atoms with E-state index in [4.69, 9.17) is 0 Å². The number of aromatic hydroxyl groups is 1. The van der Waals surface area contributed by atoms with Crippen LogP contribution >= 0.6 is 23.1 Å². The van der Waals surface area contributed by atoms with Crippen LogP contribution in [0, 0.1) is 0 Å². The molecule has 0 aliphatic rings. The molecule has 0 amide bonds. The molecule has 0 saturated heterocycles. The Morgan fingerprint density at radius 3 is 2.26 bits per heavy atom. The summed E-state index contributed by atoms with van der Waals surface area (Å²) in [5, 5.41) is 10.5. The number of ketones is 1. The van der Waals surface area contributed by atoms with Crippen molar-refractivity contribution >= 4 is 28.9 Å². The van der Waals surface area contributed by atoms with Crippen LogP contribution in [0.25, 0.3) is 10.4 Å². The standard InChI is InChI=1S/C19H16O2S2/c1-13(20)16-17(21)18(15-10-6-3-7-11-15)23-19(16)22-12-14-8-4-2-5-9-14/h2-11,21H,12H2,1H3. The first-order valence-corrected chi connectivity index (χ1v) is 9.06. The highest BCUT2D eigenvalue weighted by Gasteiger charge is 2.22. The van der Waals surface area contributed by atoms with Gasteiger partial charge in [0.25, 0.3) is 0 Å². The normalized spacial score (nSPS) is 10.7. The second-order valence-corrected chi connectivity index (χ2v) is 7.40. The molecule has 0 aliphatic carbocycles. The molecule has 0 unspecified atom stereocenters. The van der Waals surface area contributed by atoms with Crippen molar-refractivity contribution in [3.8, 4) is 16.2 Å². The molecule has 0 radical (unpaired) electrons. The number of benzene rings is 2. The van der Waals surface area contributed by atoms with E-state index in [9.17, 15) is 9.90 Å². The van der Waals surface area contributed by atoms with Gasteiger partial charge >= 0.3 is 0 Å². The maximum atomic E-state index is 12.0. The highest BCUT2D eigenvalue weighted by molar-refractivity contribution is 8.00. The summed E-state index contributed by atoms with van der Waals surface area (Å²) >= 11 is 3.07. The molecule has 0 saturated carbocycles. The van der Waals surface area contributed by atoms with Crippen LogP contribution in [0.3, 0.4) is 0 Å². The van der Waals surface area contributed by atoms with Gasteiger partial charge in [-0.3, -0.25) is 4.79 Å². The molecule has 1 aromatic heterocycles. The van der Waals surface area contributed by atoms with Crippen molar-refractivity contribution in [3.63, 3.8) is 0 Å². The maximum absolute atomic E-state index is 12.0. The van der Waals surface area contributed by atoms with Crippen LogP contribution in [-0.4, -0.2) is 10.9 Å². The van der Waals surface area contributed by atoms with E-state index in [2.05, 4.69) is 12.1 Å². The molecule has 0 aliphatic heterocycles. The fraction of sp³-hybridized carbons (Fsp3) is 0.105. The fourth-order valence-electron chi connectivity index (χ4n) is 2.32. The van der Waals surface area contributed by atoms with Crippen molar-refractivity contribution < 1.29 is 9.90 Å². The van der Waals surface area contributed by atoms with Gasteiger partial charge in [0.15, 0.2) is 5.78 Å². The zero-order chi connectivity index (χ0) is 16.2. The van der Waals surface area contributed by atoms with Crippen molar-refractivity contribution in [2.45, 2.75) is 16.9 Å². The lowest BCUT2D eigenvalue weighted by molar-refractivity contribution is 0.101. The first-order valence-electron chi connectivity index (χ1n) is 7.25. The summed E-state index contributed by atoms with van der Waals surface area (Å²) in [6.07, 6.45) is 0. The molecule has 3 aromatic rings. The van der Waals surface area contributed by atoms with Gasteiger partial charge in [-0.25, -0.2) is 0 Å². The Balaban J connectivity index is 1.95. The Bertz CT molecular complexity index is 808. The predicted molar refractivity (Wildman–Crippen MR) is 97.4 cm³/mol.